The second-order valence-corrected chi connectivity index (χ2v) is 10.5. The van der Waals surface area contributed by atoms with E-state index in [0.717, 1.165) is 17.9 Å². The summed E-state index contributed by atoms with van der Waals surface area (Å²) in [6.07, 6.45) is 12.4. The number of nitrogens with zero attached hydrogens (tertiary/aromatic N) is 2. The number of allylic oxidation sites excluding steroid dienone is 2. The topological polar surface area (TPSA) is 17.8 Å². The number of imidazole rings is 1. The van der Waals surface area contributed by atoms with Crippen LogP contribution in [-0.2, 0) is 6.42 Å². The highest BCUT2D eigenvalue weighted by molar-refractivity contribution is 9.09. The Hall–Kier alpha value is -1.92. The quantitative estimate of drug-likeness (QED) is 0.165. The largest absolute Gasteiger partial charge is 0.334 e. The number of benzene rings is 2. The van der Waals surface area contributed by atoms with Crippen molar-refractivity contribution in [2.45, 2.75) is 54.9 Å². The van der Waals surface area contributed by atoms with Crippen molar-refractivity contribution in [1.82, 2.24) is 9.55 Å². The van der Waals surface area contributed by atoms with Crippen LogP contribution in [0.2, 0.25) is 6.32 Å². The SMILES string of the molecule is CC(F)C(Cl)C=CCB(c1ccccc1)c1ccc(CC(Br)CF)cc1.c1cn(C2CC2)cn1. The molecule has 0 N–H and O–H groups in total. The molecule has 0 amide bonds. The summed E-state index contributed by atoms with van der Waals surface area (Å²) in [5.41, 5.74) is 3.48. The normalized spacial score (nSPS) is 15.9. The van der Waals surface area contributed by atoms with Gasteiger partial charge in [0.1, 0.15) is 12.8 Å². The van der Waals surface area contributed by atoms with E-state index in [-0.39, 0.29) is 18.2 Å². The zero-order valence-corrected chi connectivity index (χ0v) is 21.8. The number of hydrogen-bond donors (Lipinski definition) is 0. The van der Waals surface area contributed by atoms with Crippen molar-refractivity contribution in [3.63, 3.8) is 0 Å². The van der Waals surface area contributed by atoms with Crippen molar-refractivity contribution in [2.75, 3.05) is 6.67 Å². The van der Waals surface area contributed by atoms with Crippen LogP contribution < -0.4 is 10.9 Å². The Bertz CT molecular complexity index is 980. The van der Waals surface area contributed by atoms with Gasteiger partial charge in [-0.3, -0.25) is 0 Å². The van der Waals surface area contributed by atoms with Crippen LogP contribution in [0.3, 0.4) is 0 Å². The first-order valence-electron chi connectivity index (χ1n) is 11.7. The number of hydrogen-bond acceptors (Lipinski definition) is 1. The van der Waals surface area contributed by atoms with Gasteiger partial charge in [0.15, 0.2) is 0 Å². The summed E-state index contributed by atoms with van der Waals surface area (Å²) in [5.74, 6) is 0. The van der Waals surface area contributed by atoms with Crippen LogP contribution in [0.4, 0.5) is 8.78 Å². The van der Waals surface area contributed by atoms with E-state index in [4.69, 9.17) is 11.6 Å². The second-order valence-electron chi connectivity index (χ2n) is 8.69. The lowest BCUT2D eigenvalue weighted by Gasteiger charge is -2.14. The minimum Gasteiger partial charge on any atom is -0.334 e. The third-order valence-electron chi connectivity index (χ3n) is 5.83. The molecule has 1 heterocycles. The molecule has 4 rings (SSSR count). The molecule has 1 fully saturated rings. The van der Waals surface area contributed by atoms with Crippen molar-refractivity contribution in [2.24, 2.45) is 0 Å². The van der Waals surface area contributed by atoms with Gasteiger partial charge in [-0.2, -0.15) is 0 Å². The molecule has 3 aromatic rings. The zero-order valence-electron chi connectivity index (χ0n) is 19.4. The molecule has 2 nitrogen and oxygen atoms in total. The van der Waals surface area contributed by atoms with Crippen molar-refractivity contribution < 1.29 is 8.78 Å². The van der Waals surface area contributed by atoms with Gasteiger partial charge < -0.3 is 4.57 Å². The molecule has 7 heteroatoms. The maximum Gasteiger partial charge on any atom is 0.213 e. The van der Waals surface area contributed by atoms with Gasteiger partial charge in [-0.1, -0.05) is 93.6 Å². The first-order valence-corrected chi connectivity index (χ1v) is 13.1. The minimum absolute atomic E-state index is 0.149. The van der Waals surface area contributed by atoms with E-state index in [1.165, 1.54) is 30.7 Å². The van der Waals surface area contributed by atoms with Gasteiger partial charge in [0.25, 0.3) is 0 Å². The molecular weight excluding hydrogens is 516 g/mol. The average molecular weight is 548 g/mol. The summed E-state index contributed by atoms with van der Waals surface area (Å²) >= 11 is 9.31. The third-order valence-corrected chi connectivity index (χ3v) is 6.89. The molecule has 1 aliphatic carbocycles. The van der Waals surface area contributed by atoms with Gasteiger partial charge in [0.2, 0.25) is 6.71 Å². The second kappa shape index (κ2) is 13.8. The maximum absolute atomic E-state index is 13.2. The fraction of sp³-hybridized carbons (Fsp3) is 0.370. The third kappa shape index (κ3) is 8.70. The highest BCUT2D eigenvalue weighted by Gasteiger charge is 2.22. The summed E-state index contributed by atoms with van der Waals surface area (Å²) in [4.78, 5) is 3.80. The molecular formula is C27H31BBrClF2N2. The smallest absolute Gasteiger partial charge is 0.213 e. The summed E-state index contributed by atoms with van der Waals surface area (Å²) in [6, 6.07) is 19.3. The van der Waals surface area contributed by atoms with Crippen molar-refractivity contribution in [3.8, 4) is 0 Å². The van der Waals surface area contributed by atoms with Gasteiger partial charge >= 0.3 is 0 Å². The lowest BCUT2D eigenvalue weighted by Crippen LogP contribution is -2.41. The Kier molecular flexibility index (Phi) is 10.9. The number of aromatic nitrogens is 2. The molecule has 0 aliphatic heterocycles. The van der Waals surface area contributed by atoms with Crippen molar-refractivity contribution >= 4 is 45.2 Å². The first-order chi connectivity index (χ1) is 16.5. The molecule has 180 valence electrons. The van der Waals surface area contributed by atoms with E-state index in [0.29, 0.717) is 6.42 Å². The van der Waals surface area contributed by atoms with Crippen LogP contribution in [0, 0.1) is 0 Å². The molecule has 0 spiro atoms. The predicted molar refractivity (Wildman–Crippen MR) is 145 cm³/mol. The van der Waals surface area contributed by atoms with Crippen LogP contribution in [-0.4, -0.2) is 39.3 Å². The molecule has 3 unspecified atom stereocenters. The van der Waals surface area contributed by atoms with E-state index in [1.54, 1.807) is 6.08 Å². The van der Waals surface area contributed by atoms with Crippen LogP contribution in [0.5, 0.6) is 0 Å². The van der Waals surface area contributed by atoms with E-state index in [9.17, 15) is 8.78 Å². The van der Waals surface area contributed by atoms with E-state index < -0.39 is 11.5 Å². The summed E-state index contributed by atoms with van der Waals surface area (Å²) in [6.45, 7) is 1.25. The Balaban J connectivity index is 0.000000335. The monoisotopic (exact) mass is 546 g/mol. The lowest BCUT2D eigenvalue weighted by atomic mass is 9.38. The molecule has 1 saturated carbocycles. The molecule has 34 heavy (non-hydrogen) atoms. The Labute approximate surface area is 215 Å². The van der Waals surface area contributed by atoms with E-state index in [1.807, 2.05) is 55.1 Å². The van der Waals surface area contributed by atoms with E-state index in [2.05, 4.69) is 49.7 Å². The molecule has 1 aromatic heterocycles. The van der Waals surface area contributed by atoms with Gasteiger partial charge in [0, 0.05) is 23.3 Å². The fourth-order valence-corrected chi connectivity index (χ4v) is 4.18. The first kappa shape index (κ1) is 26.7. The van der Waals surface area contributed by atoms with Crippen LogP contribution >= 0.6 is 27.5 Å². The standard InChI is InChI=1S/C21H23BBrClF2.C6H8N2/c1-16(26)21(24)8-5-13-22(18-6-3-2-4-7-18)19-11-9-17(10-12-19)14-20(23)15-25;1-2-6(1)8-4-3-7-5-8/h2-12,16,20-21H,13-15H2,1H3;3-6H,1-2H2. The van der Waals surface area contributed by atoms with Crippen LogP contribution in [0.25, 0.3) is 0 Å². The molecule has 0 radical (unpaired) electrons. The van der Waals surface area contributed by atoms with E-state index >= 15 is 0 Å². The maximum atomic E-state index is 13.2. The molecule has 0 saturated heterocycles. The molecule has 2 aromatic carbocycles. The Morgan fingerprint density at radius 3 is 2.38 bits per heavy atom. The number of alkyl halides is 4. The molecule has 0 bridgehead atoms. The van der Waals surface area contributed by atoms with Crippen LogP contribution in [0.15, 0.2) is 85.5 Å². The summed E-state index contributed by atoms with van der Waals surface area (Å²) in [7, 11) is 0. The van der Waals surface area contributed by atoms with Gasteiger partial charge in [-0.25, -0.2) is 13.8 Å². The Morgan fingerprint density at radius 1 is 1.15 bits per heavy atom. The highest BCUT2D eigenvalue weighted by Crippen LogP contribution is 2.33. The predicted octanol–water partition coefficient (Wildman–Crippen LogP) is 6.31. The fourth-order valence-electron chi connectivity index (χ4n) is 3.70. The number of rotatable bonds is 10. The van der Waals surface area contributed by atoms with Crippen LogP contribution in [0.1, 0.15) is 31.4 Å². The zero-order chi connectivity index (χ0) is 24.3. The van der Waals surface area contributed by atoms with Crippen molar-refractivity contribution in [1.29, 1.82) is 0 Å². The average Bonchev–Trinajstić information content (AvgIpc) is 3.57. The van der Waals surface area contributed by atoms with Gasteiger partial charge in [0.05, 0.1) is 11.7 Å². The van der Waals surface area contributed by atoms with Gasteiger partial charge in [-0.15, -0.1) is 11.6 Å². The summed E-state index contributed by atoms with van der Waals surface area (Å²) < 4.78 is 28.1. The Morgan fingerprint density at radius 2 is 1.82 bits per heavy atom. The lowest BCUT2D eigenvalue weighted by molar-refractivity contribution is 0.369. The van der Waals surface area contributed by atoms with Gasteiger partial charge in [-0.05, 0) is 38.1 Å². The molecule has 3 atom stereocenters. The highest BCUT2D eigenvalue weighted by atomic mass is 79.9. The molecule has 1 aliphatic rings. The number of halogens is 4. The summed E-state index contributed by atoms with van der Waals surface area (Å²) in [5, 5.41) is -0.606. The minimum atomic E-state index is -1.07. The van der Waals surface area contributed by atoms with Crippen molar-refractivity contribution in [3.05, 3.63) is 91.0 Å².